The Bertz CT molecular complexity index is 695. The number of hydrogen-bond donors (Lipinski definition) is 1. The zero-order valence-corrected chi connectivity index (χ0v) is 12.9. The zero-order valence-electron chi connectivity index (χ0n) is 12.2. The number of aliphatic hydroxyl groups excluding tert-OH is 1. The molecule has 2 unspecified atom stereocenters. The third-order valence-corrected chi connectivity index (χ3v) is 4.76. The molecule has 1 N–H and O–H groups in total. The number of carbonyl (C=O) groups is 1. The largest absolute Gasteiger partial charge is 0.511 e. The first-order valence-corrected chi connectivity index (χ1v) is 7.61. The molecule has 0 radical (unpaired) electrons. The van der Waals surface area contributed by atoms with E-state index in [1.54, 1.807) is 0 Å². The maximum absolute atomic E-state index is 12.6. The summed E-state index contributed by atoms with van der Waals surface area (Å²) in [6.07, 6.45) is 2.62. The summed E-state index contributed by atoms with van der Waals surface area (Å²) < 4.78 is 0. The van der Waals surface area contributed by atoms with Crippen LogP contribution >= 0.6 is 11.6 Å². The normalized spacial score (nSPS) is 24.0. The molecular formula is C18H17ClO2. The number of halogens is 1. The second kappa shape index (κ2) is 5.24. The lowest BCUT2D eigenvalue weighted by molar-refractivity contribution is -0.117. The van der Waals surface area contributed by atoms with Gasteiger partial charge in [-0.25, -0.2) is 0 Å². The number of aliphatic hydroxyl groups is 1. The Labute approximate surface area is 129 Å². The summed E-state index contributed by atoms with van der Waals surface area (Å²) in [5, 5.41) is 12.9. The fourth-order valence-electron chi connectivity index (χ4n) is 3.74. The van der Waals surface area contributed by atoms with Crippen LogP contribution < -0.4 is 0 Å². The number of hydrogen-bond acceptors (Lipinski definition) is 2. The van der Waals surface area contributed by atoms with Crippen LogP contribution in [0.3, 0.4) is 0 Å². The number of fused-ring (bicyclic) bond motifs is 2. The van der Waals surface area contributed by atoms with Gasteiger partial charge in [-0.1, -0.05) is 0 Å². The molecule has 0 saturated heterocycles. The molecule has 3 rings (SSSR count). The van der Waals surface area contributed by atoms with E-state index >= 15 is 0 Å². The lowest BCUT2D eigenvalue weighted by Gasteiger charge is -2.24. The van der Waals surface area contributed by atoms with Gasteiger partial charge in [0, 0.05) is 22.8 Å². The molecule has 1 aromatic carbocycles. The van der Waals surface area contributed by atoms with Gasteiger partial charge >= 0.3 is 0 Å². The lowest BCUT2D eigenvalue weighted by atomic mass is 9.80. The Morgan fingerprint density at radius 1 is 1.19 bits per heavy atom. The molecule has 3 heteroatoms. The number of Topliss-reactive ketones (excluding diaryl/α,β-unsaturated/α-hetero) is 1. The van der Waals surface area contributed by atoms with E-state index in [4.69, 9.17) is 11.6 Å². The number of benzene rings is 1. The molecule has 2 aliphatic rings. The molecule has 2 bridgehead atoms. The smallest absolute Gasteiger partial charge is 0.169 e. The summed E-state index contributed by atoms with van der Waals surface area (Å²) in [6, 6.07) is 3.84. The summed E-state index contributed by atoms with van der Waals surface area (Å²) in [5.74, 6) is 3.45. The molecule has 21 heavy (non-hydrogen) atoms. The van der Waals surface area contributed by atoms with Gasteiger partial charge in [-0.3, -0.25) is 4.79 Å². The molecule has 1 aromatic rings. The summed E-state index contributed by atoms with van der Waals surface area (Å²) in [5.41, 5.74) is 4.15. The van der Waals surface area contributed by atoms with Gasteiger partial charge in [0.1, 0.15) is 5.76 Å². The molecule has 0 heterocycles. The van der Waals surface area contributed by atoms with Gasteiger partial charge in [0.25, 0.3) is 0 Å². The highest BCUT2D eigenvalue weighted by atomic mass is 35.5. The van der Waals surface area contributed by atoms with Crippen LogP contribution in [0.2, 0.25) is 0 Å². The van der Waals surface area contributed by atoms with Gasteiger partial charge < -0.3 is 5.11 Å². The first kappa shape index (κ1) is 14.2. The molecule has 2 nitrogen and oxygen atoms in total. The first-order chi connectivity index (χ1) is 10.0. The SMILES string of the molecule is Cc1cc(C#CCl)cc(C)c1C1=C(O)C2CCC(C2)C1=O. The quantitative estimate of drug-likeness (QED) is 0.792. The summed E-state index contributed by atoms with van der Waals surface area (Å²) in [7, 11) is 0. The first-order valence-electron chi connectivity index (χ1n) is 7.23. The number of rotatable bonds is 1. The van der Waals surface area contributed by atoms with E-state index in [-0.39, 0.29) is 23.4 Å². The number of aryl methyl sites for hydroxylation is 2. The molecule has 1 fully saturated rings. The van der Waals surface area contributed by atoms with Crippen LogP contribution in [0.25, 0.3) is 5.57 Å². The molecule has 2 aliphatic carbocycles. The third-order valence-electron chi connectivity index (χ3n) is 4.67. The summed E-state index contributed by atoms with van der Waals surface area (Å²) >= 11 is 5.46. The fourth-order valence-corrected chi connectivity index (χ4v) is 3.85. The lowest BCUT2D eigenvalue weighted by Crippen LogP contribution is -2.22. The highest BCUT2D eigenvalue weighted by Gasteiger charge is 2.41. The molecule has 108 valence electrons. The summed E-state index contributed by atoms with van der Waals surface area (Å²) in [6.45, 7) is 3.90. The van der Waals surface area contributed by atoms with E-state index in [1.165, 1.54) is 0 Å². The number of allylic oxidation sites excluding steroid dienone is 2. The molecule has 2 atom stereocenters. The van der Waals surface area contributed by atoms with Gasteiger partial charge in [-0.05, 0) is 79.5 Å². The minimum atomic E-state index is 0.0852. The van der Waals surface area contributed by atoms with Crippen molar-refractivity contribution in [3.8, 4) is 11.3 Å². The van der Waals surface area contributed by atoms with Gasteiger partial charge in [-0.15, -0.1) is 0 Å². The second-order valence-corrected chi connectivity index (χ2v) is 6.22. The topological polar surface area (TPSA) is 37.3 Å². The van der Waals surface area contributed by atoms with Crippen molar-refractivity contribution in [1.82, 2.24) is 0 Å². The molecular weight excluding hydrogens is 284 g/mol. The maximum atomic E-state index is 12.6. The highest BCUT2D eigenvalue weighted by molar-refractivity contribution is 6.30. The Balaban J connectivity index is 2.18. The third kappa shape index (κ3) is 2.26. The van der Waals surface area contributed by atoms with E-state index < -0.39 is 0 Å². The number of ketones is 1. The van der Waals surface area contributed by atoms with Crippen LogP contribution in [0.15, 0.2) is 17.9 Å². The fraction of sp³-hybridized carbons (Fsp3) is 0.389. The van der Waals surface area contributed by atoms with E-state index in [0.717, 1.165) is 41.5 Å². The average molecular weight is 301 g/mol. The standard InChI is InChI=1S/C18H17ClO2/c1-10-7-12(5-6-19)8-11(2)15(10)16-17(20)13-3-4-14(9-13)18(16)21/h7-8,13-14,20H,3-4,9H2,1-2H3. The van der Waals surface area contributed by atoms with E-state index in [2.05, 4.69) is 11.3 Å². The Hall–Kier alpha value is -1.72. The molecule has 0 aromatic heterocycles. The van der Waals surface area contributed by atoms with E-state index in [0.29, 0.717) is 5.57 Å². The van der Waals surface area contributed by atoms with Crippen LogP contribution in [0.4, 0.5) is 0 Å². The summed E-state index contributed by atoms with van der Waals surface area (Å²) in [4.78, 5) is 12.6. The predicted octanol–water partition coefficient (Wildman–Crippen LogP) is 4.12. The van der Waals surface area contributed by atoms with Crippen molar-refractivity contribution in [3.63, 3.8) is 0 Å². The molecule has 0 spiro atoms. The van der Waals surface area contributed by atoms with Crippen molar-refractivity contribution in [2.24, 2.45) is 11.8 Å². The van der Waals surface area contributed by atoms with Crippen LogP contribution in [0.5, 0.6) is 0 Å². The monoisotopic (exact) mass is 300 g/mol. The van der Waals surface area contributed by atoms with Crippen LogP contribution in [0, 0.1) is 37.0 Å². The van der Waals surface area contributed by atoms with Crippen molar-refractivity contribution < 1.29 is 9.90 Å². The van der Waals surface area contributed by atoms with Crippen molar-refractivity contribution in [1.29, 1.82) is 0 Å². The van der Waals surface area contributed by atoms with Gasteiger partial charge in [0.15, 0.2) is 5.78 Å². The van der Waals surface area contributed by atoms with Crippen molar-refractivity contribution in [3.05, 3.63) is 40.1 Å². The highest BCUT2D eigenvalue weighted by Crippen LogP contribution is 2.46. The Kier molecular flexibility index (Phi) is 3.55. The van der Waals surface area contributed by atoms with Crippen LogP contribution in [-0.2, 0) is 4.79 Å². The van der Waals surface area contributed by atoms with Crippen molar-refractivity contribution in [2.45, 2.75) is 33.1 Å². The Morgan fingerprint density at radius 3 is 2.43 bits per heavy atom. The van der Waals surface area contributed by atoms with E-state index in [1.807, 2.05) is 26.0 Å². The van der Waals surface area contributed by atoms with Crippen molar-refractivity contribution in [2.75, 3.05) is 0 Å². The molecule has 0 amide bonds. The van der Waals surface area contributed by atoms with Gasteiger partial charge in [0.05, 0.1) is 5.57 Å². The van der Waals surface area contributed by atoms with Crippen molar-refractivity contribution >= 4 is 23.0 Å². The molecule has 0 aliphatic heterocycles. The average Bonchev–Trinajstić information content (AvgIpc) is 2.87. The van der Waals surface area contributed by atoms with Crippen LogP contribution in [-0.4, -0.2) is 10.9 Å². The van der Waals surface area contributed by atoms with E-state index in [9.17, 15) is 9.90 Å². The van der Waals surface area contributed by atoms with Gasteiger partial charge in [0.2, 0.25) is 0 Å². The minimum absolute atomic E-state index is 0.0852. The minimum Gasteiger partial charge on any atom is -0.511 e. The maximum Gasteiger partial charge on any atom is 0.169 e. The number of carbonyl (C=O) groups excluding carboxylic acids is 1. The predicted molar refractivity (Wildman–Crippen MR) is 84.0 cm³/mol. The van der Waals surface area contributed by atoms with Crippen LogP contribution in [0.1, 0.15) is 41.5 Å². The zero-order chi connectivity index (χ0) is 15.1. The Morgan fingerprint density at radius 2 is 1.81 bits per heavy atom. The van der Waals surface area contributed by atoms with Gasteiger partial charge in [-0.2, -0.15) is 0 Å². The second-order valence-electron chi connectivity index (χ2n) is 6.04. The molecule has 1 saturated carbocycles.